The second-order valence-corrected chi connectivity index (χ2v) is 10.7. The highest BCUT2D eigenvalue weighted by atomic mass is 32.2. The van der Waals surface area contributed by atoms with Gasteiger partial charge in [-0.05, 0) is 51.7 Å². The van der Waals surface area contributed by atoms with Crippen LogP contribution in [0.3, 0.4) is 0 Å². The van der Waals surface area contributed by atoms with Gasteiger partial charge in [-0.3, -0.25) is 0 Å². The summed E-state index contributed by atoms with van der Waals surface area (Å²) in [6.07, 6.45) is 1.68. The van der Waals surface area contributed by atoms with E-state index in [1.807, 2.05) is 26.8 Å². The number of rotatable bonds is 7. The van der Waals surface area contributed by atoms with Crippen molar-refractivity contribution in [3.8, 4) is 0 Å². The Morgan fingerprint density at radius 3 is 2.50 bits per heavy atom. The van der Waals surface area contributed by atoms with Gasteiger partial charge in [-0.15, -0.1) is 11.3 Å². The first-order valence-corrected chi connectivity index (χ1v) is 12.7. The molecule has 1 aromatic carbocycles. The average Bonchev–Trinajstić information content (AvgIpc) is 3.08. The highest BCUT2D eigenvalue weighted by molar-refractivity contribution is 7.89. The number of nitrogens with zero attached hydrogens (tertiary/aromatic N) is 3. The summed E-state index contributed by atoms with van der Waals surface area (Å²) in [5.74, 6) is 1.21. The Labute approximate surface area is 183 Å². The molecule has 7 nitrogen and oxygen atoms in total. The molecule has 1 aromatic heterocycles. The van der Waals surface area contributed by atoms with Gasteiger partial charge >= 0.3 is 0 Å². The molecule has 0 bridgehead atoms. The molecular formula is C21H31N5O2S2. The summed E-state index contributed by atoms with van der Waals surface area (Å²) >= 11 is 1.69. The van der Waals surface area contributed by atoms with E-state index >= 15 is 0 Å². The number of benzene rings is 1. The van der Waals surface area contributed by atoms with Gasteiger partial charge in [-0.1, -0.05) is 18.2 Å². The Bertz CT molecular complexity index is 949. The quantitative estimate of drug-likeness (QED) is 0.501. The number of hydrogen-bond acceptors (Lipinski definition) is 5. The van der Waals surface area contributed by atoms with Crippen LogP contribution in [0.2, 0.25) is 0 Å². The van der Waals surface area contributed by atoms with Gasteiger partial charge in [-0.2, -0.15) is 4.31 Å². The molecule has 30 heavy (non-hydrogen) atoms. The second-order valence-electron chi connectivity index (χ2n) is 7.48. The number of sulfonamides is 1. The molecule has 0 saturated carbocycles. The molecule has 2 N–H and O–H groups in total. The molecule has 0 atom stereocenters. The Balaban J connectivity index is 1.52. The van der Waals surface area contributed by atoms with E-state index in [4.69, 9.17) is 4.99 Å². The molecule has 2 heterocycles. The predicted octanol–water partition coefficient (Wildman–Crippen LogP) is 2.92. The Hall–Kier alpha value is -1.97. The van der Waals surface area contributed by atoms with Crippen LogP contribution in [0.25, 0.3) is 0 Å². The Morgan fingerprint density at radius 1 is 1.20 bits per heavy atom. The molecule has 0 amide bonds. The molecule has 0 aliphatic carbocycles. The summed E-state index contributed by atoms with van der Waals surface area (Å²) in [6.45, 7) is 9.37. The Kier molecular flexibility index (Phi) is 7.85. The summed E-state index contributed by atoms with van der Waals surface area (Å²) in [5.41, 5.74) is 1.05. The molecule has 3 rings (SSSR count). The van der Waals surface area contributed by atoms with Crippen LogP contribution in [0.4, 0.5) is 0 Å². The number of hydrogen-bond donors (Lipinski definition) is 2. The number of aromatic nitrogens is 1. The molecule has 0 radical (unpaired) electrons. The third-order valence-corrected chi connectivity index (χ3v) is 8.21. The molecule has 1 fully saturated rings. The normalized spacial score (nSPS) is 16.6. The van der Waals surface area contributed by atoms with Crippen molar-refractivity contribution in [2.45, 2.75) is 45.1 Å². The van der Waals surface area contributed by atoms with Crippen LogP contribution < -0.4 is 10.6 Å². The lowest BCUT2D eigenvalue weighted by atomic mass is 9.98. The first-order valence-electron chi connectivity index (χ1n) is 10.4. The topological polar surface area (TPSA) is 86.7 Å². The summed E-state index contributed by atoms with van der Waals surface area (Å²) in [5, 5.41) is 7.78. The first kappa shape index (κ1) is 22.7. The first-order chi connectivity index (χ1) is 14.4. The van der Waals surface area contributed by atoms with Gasteiger partial charge in [0.05, 0.1) is 22.1 Å². The van der Waals surface area contributed by atoms with Crippen molar-refractivity contribution in [1.29, 1.82) is 0 Å². The fourth-order valence-corrected chi connectivity index (χ4v) is 5.90. The number of aliphatic imine (C=N–C) groups is 1. The van der Waals surface area contributed by atoms with E-state index in [9.17, 15) is 8.42 Å². The number of nitrogens with one attached hydrogen (secondary N) is 2. The molecule has 1 aliphatic heterocycles. The van der Waals surface area contributed by atoms with Gasteiger partial charge < -0.3 is 10.6 Å². The van der Waals surface area contributed by atoms with Crippen LogP contribution in [0.5, 0.6) is 0 Å². The highest BCUT2D eigenvalue weighted by Gasteiger charge is 2.29. The molecule has 0 spiro atoms. The molecule has 1 aliphatic rings. The van der Waals surface area contributed by atoms with E-state index in [1.165, 1.54) is 4.88 Å². The minimum absolute atomic E-state index is 0.372. The lowest BCUT2D eigenvalue weighted by Crippen LogP contribution is -2.44. The van der Waals surface area contributed by atoms with Gasteiger partial charge in [0.15, 0.2) is 5.96 Å². The summed E-state index contributed by atoms with van der Waals surface area (Å²) in [6, 6.07) is 8.68. The van der Waals surface area contributed by atoms with Crippen molar-refractivity contribution in [2.75, 3.05) is 26.2 Å². The fourth-order valence-electron chi connectivity index (χ4n) is 3.55. The zero-order chi connectivity index (χ0) is 21.6. The van der Waals surface area contributed by atoms with Gasteiger partial charge in [0, 0.05) is 31.1 Å². The van der Waals surface area contributed by atoms with Crippen LogP contribution in [-0.4, -0.2) is 49.8 Å². The monoisotopic (exact) mass is 449 g/mol. The van der Waals surface area contributed by atoms with Crippen molar-refractivity contribution in [3.05, 3.63) is 45.9 Å². The van der Waals surface area contributed by atoms with Crippen molar-refractivity contribution in [3.63, 3.8) is 0 Å². The number of aryl methyl sites for hydroxylation is 2. The van der Waals surface area contributed by atoms with E-state index in [0.29, 0.717) is 30.4 Å². The van der Waals surface area contributed by atoms with E-state index in [2.05, 4.69) is 15.6 Å². The van der Waals surface area contributed by atoms with Gasteiger partial charge in [0.25, 0.3) is 0 Å². The maximum absolute atomic E-state index is 12.8. The van der Waals surface area contributed by atoms with Crippen LogP contribution in [0.1, 0.15) is 35.3 Å². The molecule has 0 unspecified atom stereocenters. The van der Waals surface area contributed by atoms with Crippen LogP contribution in [0.15, 0.2) is 40.2 Å². The third kappa shape index (κ3) is 5.80. The van der Waals surface area contributed by atoms with Crippen LogP contribution in [0, 0.1) is 19.8 Å². The SMILES string of the molecule is CCNC(=NCc1sc(C)nc1C)NCC1CCN(S(=O)(=O)c2ccccc2)CC1. The second kappa shape index (κ2) is 10.4. The van der Waals surface area contributed by atoms with Crippen molar-refractivity contribution >= 4 is 27.3 Å². The van der Waals surface area contributed by atoms with E-state index in [1.54, 1.807) is 39.9 Å². The van der Waals surface area contributed by atoms with E-state index in [-0.39, 0.29) is 0 Å². The minimum Gasteiger partial charge on any atom is -0.357 e. The number of thiazole rings is 1. The molecule has 2 aromatic rings. The largest absolute Gasteiger partial charge is 0.357 e. The zero-order valence-electron chi connectivity index (χ0n) is 17.9. The lowest BCUT2D eigenvalue weighted by molar-refractivity contribution is 0.273. The smallest absolute Gasteiger partial charge is 0.243 e. The minimum atomic E-state index is -3.39. The predicted molar refractivity (Wildman–Crippen MR) is 122 cm³/mol. The summed E-state index contributed by atoms with van der Waals surface area (Å²) < 4.78 is 27.1. The van der Waals surface area contributed by atoms with Crippen molar-refractivity contribution < 1.29 is 8.42 Å². The van der Waals surface area contributed by atoms with E-state index in [0.717, 1.165) is 42.6 Å². The van der Waals surface area contributed by atoms with Gasteiger partial charge in [-0.25, -0.2) is 18.4 Å². The molecule has 164 valence electrons. The number of guanidine groups is 1. The highest BCUT2D eigenvalue weighted by Crippen LogP contribution is 2.23. The molecule has 9 heteroatoms. The number of piperidine rings is 1. The van der Waals surface area contributed by atoms with Crippen LogP contribution >= 0.6 is 11.3 Å². The lowest BCUT2D eigenvalue weighted by Gasteiger charge is -2.31. The van der Waals surface area contributed by atoms with Crippen molar-refractivity contribution in [2.24, 2.45) is 10.9 Å². The summed E-state index contributed by atoms with van der Waals surface area (Å²) in [7, 11) is -3.39. The van der Waals surface area contributed by atoms with Gasteiger partial charge in [0.2, 0.25) is 10.0 Å². The molecule has 1 saturated heterocycles. The molecular weight excluding hydrogens is 418 g/mol. The van der Waals surface area contributed by atoms with Crippen molar-refractivity contribution in [1.82, 2.24) is 19.9 Å². The Morgan fingerprint density at radius 2 is 1.90 bits per heavy atom. The standard InChI is InChI=1S/C21H31N5O2S2/c1-4-22-21(24-15-20-16(2)25-17(3)29-20)23-14-18-10-12-26(13-11-18)30(27,28)19-8-6-5-7-9-19/h5-9,18H,4,10-15H2,1-3H3,(H2,22,23,24). The maximum Gasteiger partial charge on any atom is 0.243 e. The average molecular weight is 450 g/mol. The zero-order valence-corrected chi connectivity index (χ0v) is 19.5. The van der Waals surface area contributed by atoms with E-state index < -0.39 is 10.0 Å². The third-order valence-electron chi connectivity index (χ3n) is 5.24. The maximum atomic E-state index is 12.8. The van der Waals surface area contributed by atoms with Gasteiger partial charge in [0.1, 0.15) is 0 Å². The van der Waals surface area contributed by atoms with Crippen LogP contribution in [-0.2, 0) is 16.6 Å². The fraction of sp³-hybridized carbons (Fsp3) is 0.524. The summed E-state index contributed by atoms with van der Waals surface area (Å²) in [4.78, 5) is 10.7.